The van der Waals surface area contributed by atoms with E-state index in [9.17, 15) is 59.1 Å². The quantitative estimate of drug-likeness (QED) is 0.0516. The minimum absolute atomic E-state index is 0.00322. The lowest BCUT2D eigenvalue weighted by Crippen LogP contribution is -2.45. The van der Waals surface area contributed by atoms with Crippen LogP contribution in [0.5, 0.6) is 11.8 Å². The number of aliphatic carboxylic acids is 3. The summed E-state index contributed by atoms with van der Waals surface area (Å²) in [6.07, 6.45) is -0.452. The Bertz CT molecular complexity index is 2180. The molecule has 4 rings (SSSR count). The molecule has 0 spiro atoms. The van der Waals surface area contributed by atoms with E-state index in [0.29, 0.717) is 11.4 Å². The van der Waals surface area contributed by atoms with Crippen molar-refractivity contribution in [2.75, 3.05) is 16.8 Å². The Morgan fingerprint density at radius 1 is 0.875 bits per heavy atom. The Kier molecular flexibility index (Phi) is 14.1. The number of hydrogen-bond acceptors (Lipinski definition) is 15. The molecule has 3 unspecified atom stereocenters. The van der Waals surface area contributed by atoms with Crippen LogP contribution >= 0.6 is 11.8 Å². The second-order valence-corrected chi connectivity index (χ2v) is 13.1. The largest absolute Gasteiger partial charge is 0.494 e. The molecule has 23 heteroatoms. The second kappa shape index (κ2) is 18.9. The molecule has 0 aliphatic heterocycles. The number of carboxylic acids is 3. The number of rotatable bonds is 20. The smallest absolute Gasteiger partial charge is 0.327 e. The summed E-state index contributed by atoms with van der Waals surface area (Å²) in [6.45, 7) is 2.07. The number of hydrogen-bond donors (Lipinski definition) is 11. The van der Waals surface area contributed by atoms with Gasteiger partial charge in [0.1, 0.15) is 18.1 Å². The Labute approximate surface area is 319 Å². The zero-order chi connectivity index (χ0) is 41.1. The van der Waals surface area contributed by atoms with E-state index in [1.807, 2.05) is 0 Å². The summed E-state index contributed by atoms with van der Waals surface area (Å²) in [7, 11) is 0. The lowest BCUT2D eigenvalue weighted by Gasteiger charge is -2.18. The average molecular weight is 799 g/mol. The Hall–Kier alpha value is -6.91. The van der Waals surface area contributed by atoms with E-state index >= 15 is 0 Å². The van der Waals surface area contributed by atoms with Crippen molar-refractivity contribution in [3.05, 3.63) is 58.1 Å². The number of benzene rings is 1. The van der Waals surface area contributed by atoms with Gasteiger partial charge in [0.15, 0.2) is 17.0 Å². The minimum Gasteiger partial charge on any atom is -0.494 e. The number of thioether (sulfide) groups is 1. The number of nitrogen functional groups attached to an aromatic ring is 1. The molecule has 0 fully saturated rings. The zero-order valence-electron chi connectivity index (χ0n) is 29.5. The molecule has 0 aliphatic rings. The van der Waals surface area contributed by atoms with Crippen molar-refractivity contribution in [3.63, 3.8) is 0 Å². The van der Waals surface area contributed by atoms with Crippen molar-refractivity contribution < 1.29 is 54.3 Å². The van der Waals surface area contributed by atoms with Crippen LogP contribution in [-0.2, 0) is 37.1 Å². The SMILES string of the molecule is CCn1c(O)cc(SCC(NC(=O)CCC(NC(=O)CCC(NC(=O)c2ccc(NCc3cnc4nc(N)[nH]c(=O)c4n3)cc2)C(=O)O)C(=O)O)C(=O)O)c1O. The first-order chi connectivity index (χ1) is 26.6. The summed E-state index contributed by atoms with van der Waals surface area (Å²) < 4.78 is 1.18. The number of H-pyrrole nitrogens is 1. The molecule has 3 aromatic heterocycles. The van der Waals surface area contributed by atoms with Crippen molar-refractivity contribution in [2.45, 2.75) is 68.7 Å². The molecular weight excluding hydrogens is 760 g/mol. The number of nitrogens with zero attached hydrogens (tertiary/aromatic N) is 4. The average Bonchev–Trinajstić information content (AvgIpc) is 3.43. The van der Waals surface area contributed by atoms with Crippen LogP contribution < -0.4 is 32.6 Å². The number of aromatic nitrogens is 5. The van der Waals surface area contributed by atoms with E-state index in [1.54, 1.807) is 19.1 Å². The third kappa shape index (κ3) is 11.3. The van der Waals surface area contributed by atoms with E-state index in [-0.39, 0.29) is 58.2 Å². The molecule has 0 bridgehead atoms. The molecule has 0 saturated carbocycles. The van der Waals surface area contributed by atoms with Crippen LogP contribution in [-0.4, -0.2) is 110 Å². The number of aromatic amines is 1. The summed E-state index contributed by atoms with van der Waals surface area (Å²) in [5.74, 6) is -7.69. The van der Waals surface area contributed by atoms with Gasteiger partial charge in [0.25, 0.3) is 11.5 Å². The van der Waals surface area contributed by atoms with Gasteiger partial charge in [-0.3, -0.25) is 28.7 Å². The first-order valence-electron chi connectivity index (χ1n) is 16.7. The summed E-state index contributed by atoms with van der Waals surface area (Å²) in [6, 6.07) is 2.59. The van der Waals surface area contributed by atoms with E-state index < -0.39 is 85.0 Å². The number of fused-ring (bicyclic) bond motifs is 1. The molecule has 0 saturated heterocycles. The number of nitrogens with one attached hydrogen (secondary N) is 5. The van der Waals surface area contributed by atoms with E-state index in [0.717, 1.165) is 11.8 Å². The number of carboxylic acid groups (broad SMARTS) is 3. The maximum absolute atomic E-state index is 12.8. The van der Waals surface area contributed by atoms with Gasteiger partial charge in [0.2, 0.25) is 23.6 Å². The molecule has 3 heterocycles. The van der Waals surface area contributed by atoms with Crippen LogP contribution in [0.3, 0.4) is 0 Å². The van der Waals surface area contributed by atoms with Crippen LogP contribution in [0.4, 0.5) is 11.6 Å². The number of aromatic hydroxyl groups is 2. The fourth-order valence-corrected chi connectivity index (χ4v) is 6.10. The van der Waals surface area contributed by atoms with Gasteiger partial charge < -0.3 is 52.5 Å². The van der Waals surface area contributed by atoms with Gasteiger partial charge in [-0.1, -0.05) is 0 Å². The highest BCUT2D eigenvalue weighted by Gasteiger charge is 2.27. The summed E-state index contributed by atoms with van der Waals surface area (Å²) in [5.41, 5.74) is 6.10. The third-order valence-electron chi connectivity index (χ3n) is 8.03. The van der Waals surface area contributed by atoms with Crippen molar-refractivity contribution in [3.8, 4) is 11.8 Å². The van der Waals surface area contributed by atoms with Crippen molar-refractivity contribution >= 4 is 70.2 Å². The Morgan fingerprint density at radius 2 is 1.46 bits per heavy atom. The molecule has 0 aliphatic carbocycles. The van der Waals surface area contributed by atoms with Crippen LogP contribution in [0.15, 0.2) is 46.2 Å². The number of carbonyl (C=O) groups is 6. The maximum Gasteiger partial charge on any atom is 0.327 e. The van der Waals surface area contributed by atoms with Crippen molar-refractivity contribution in [1.82, 2.24) is 40.5 Å². The number of amides is 3. The highest BCUT2D eigenvalue weighted by molar-refractivity contribution is 7.99. The summed E-state index contributed by atoms with van der Waals surface area (Å²) >= 11 is 0.864. The fraction of sp³-hybridized carbons (Fsp3) is 0.333. The highest BCUT2D eigenvalue weighted by atomic mass is 32.2. The van der Waals surface area contributed by atoms with Gasteiger partial charge in [-0.2, -0.15) is 4.98 Å². The van der Waals surface area contributed by atoms with Gasteiger partial charge in [-0.15, -0.1) is 11.8 Å². The number of anilines is 2. The van der Waals surface area contributed by atoms with Gasteiger partial charge in [-0.25, -0.2) is 24.4 Å². The second-order valence-electron chi connectivity index (χ2n) is 12.0. The topological polar surface area (TPSA) is 354 Å². The monoisotopic (exact) mass is 798 g/mol. The standard InChI is InChI=1S/C33H38N10O12S/c1-2-43-24(46)11-21(29(43)49)56-14-20(32(54)55)39-23(45)9-7-18(30(50)51)38-22(44)10-8-19(31(52)53)40-27(47)15-3-5-16(6-4-15)35-12-17-13-36-26-25(37-17)28(48)42-33(34)41-26/h3-6,11,13,18-20,35,46,49H,2,7-10,12,14H2,1H3,(H,38,44)(H,39,45)(H,40,47)(H,50,51)(H,52,53)(H,54,55)(H3,34,36,41,42,48). The zero-order valence-corrected chi connectivity index (χ0v) is 30.3. The lowest BCUT2D eigenvalue weighted by atomic mass is 10.1. The van der Waals surface area contributed by atoms with E-state index in [4.69, 9.17) is 5.73 Å². The van der Waals surface area contributed by atoms with Crippen LogP contribution in [0.2, 0.25) is 0 Å². The van der Waals surface area contributed by atoms with Gasteiger partial charge >= 0.3 is 17.9 Å². The van der Waals surface area contributed by atoms with Crippen molar-refractivity contribution in [2.24, 2.45) is 0 Å². The Morgan fingerprint density at radius 3 is 2.04 bits per heavy atom. The molecule has 56 heavy (non-hydrogen) atoms. The van der Waals surface area contributed by atoms with Crippen LogP contribution in [0.25, 0.3) is 11.2 Å². The number of carbonyl (C=O) groups excluding carboxylic acids is 3. The number of nitrogens with two attached hydrogens (primary N) is 1. The normalized spacial score (nSPS) is 12.6. The molecule has 22 nitrogen and oxygen atoms in total. The molecule has 3 atom stereocenters. The lowest BCUT2D eigenvalue weighted by molar-refractivity contribution is -0.143. The molecular formula is C33H38N10O12S. The van der Waals surface area contributed by atoms with Crippen LogP contribution in [0.1, 0.15) is 48.7 Å². The fourth-order valence-electron chi connectivity index (χ4n) is 5.10. The maximum atomic E-state index is 12.8. The highest BCUT2D eigenvalue weighted by Crippen LogP contribution is 2.35. The van der Waals surface area contributed by atoms with E-state index in [2.05, 4.69) is 41.2 Å². The first-order valence-corrected chi connectivity index (χ1v) is 17.7. The van der Waals surface area contributed by atoms with E-state index in [1.165, 1.54) is 29.0 Å². The summed E-state index contributed by atoms with van der Waals surface area (Å²) in [5, 5.41) is 58.7. The van der Waals surface area contributed by atoms with Gasteiger partial charge in [-0.05, 0) is 44.0 Å². The van der Waals surface area contributed by atoms with Gasteiger partial charge in [0.05, 0.1) is 23.3 Å². The first kappa shape index (κ1) is 41.8. The van der Waals surface area contributed by atoms with Crippen molar-refractivity contribution in [1.29, 1.82) is 0 Å². The van der Waals surface area contributed by atoms with Crippen LogP contribution in [0, 0.1) is 0 Å². The Balaban J connectivity index is 1.23. The molecule has 12 N–H and O–H groups in total. The molecule has 298 valence electrons. The molecule has 4 aromatic rings. The van der Waals surface area contributed by atoms with Gasteiger partial charge in [0, 0.05) is 42.5 Å². The predicted molar refractivity (Wildman–Crippen MR) is 197 cm³/mol. The molecule has 0 radical (unpaired) electrons. The minimum atomic E-state index is -1.59. The molecule has 3 amide bonds. The molecule has 1 aromatic carbocycles. The predicted octanol–water partition coefficient (Wildman–Crippen LogP) is -0.185. The third-order valence-corrected chi connectivity index (χ3v) is 9.14. The summed E-state index contributed by atoms with van der Waals surface area (Å²) in [4.78, 5) is 100.